The molecule has 0 bridgehead atoms. The number of H-pyrrole nitrogens is 1. The van der Waals surface area contributed by atoms with Gasteiger partial charge in [0, 0.05) is 23.8 Å². The van der Waals surface area contributed by atoms with Crippen LogP contribution in [0.1, 0.15) is 30.5 Å². The van der Waals surface area contributed by atoms with Crippen molar-refractivity contribution in [3.63, 3.8) is 0 Å². The number of aromatic amines is 1. The predicted molar refractivity (Wildman–Crippen MR) is 128 cm³/mol. The number of amides is 1. The molecular formula is C23H27ClN6O2. The van der Waals surface area contributed by atoms with E-state index < -0.39 is 0 Å². The highest BCUT2D eigenvalue weighted by molar-refractivity contribution is 6.30. The van der Waals surface area contributed by atoms with Crippen LogP contribution in [0.25, 0.3) is 10.9 Å². The van der Waals surface area contributed by atoms with Crippen molar-refractivity contribution in [1.29, 1.82) is 0 Å². The molecule has 2 aromatic carbocycles. The lowest BCUT2D eigenvalue weighted by atomic mass is 9.93. The largest absolute Gasteiger partial charge is 0.376 e. The van der Waals surface area contributed by atoms with Crippen molar-refractivity contribution in [2.45, 2.75) is 25.8 Å². The Labute approximate surface area is 191 Å². The average Bonchev–Trinajstić information content (AvgIpc) is 2.77. The lowest BCUT2D eigenvalue weighted by molar-refractivity contribution is -0.131. The van der Waals surface area contributed by atoms with Crippen LogP contribution in [-0.2, 0) is 11.2 Å². The molecule has 0 fully saturated rings. The summed E-state index contributed by atoms with van der Waals surface area (Å²) in [6.07, 6.45) is 1.56. The summed E-state index contributed by atoms with van der Waals surface area (Å²) in [6.45, 7) is 4.03. The minimum absolute atomic E-state index is 0.00991. The molecule has 8 nitrogen and oxygen atoms in total. The number of hydrogen-bond acceptors (Lipinski definition) is 6. The minimum Gasteiger partial charge on any atom is -0.376 e. The number of halogens is 1. The van der Waals surface area contributed by atoms with E-state index in [1.54, 1.807) is 18.2 Å². The van der Waals surface area contributed by atoms with E-state index in [0.717, 1.165) is 29.1 Å². The summed E-state index contributed by atoms with van der Waals surface area (Å²) in [5.74, 6) is 0.422. The van der Waals surface area contributed by atoms with Crippen LogP contribution in [-0.4, -0.2) is 47.0 Å². The van der Waals surface area contributed by atoms with Gasteiger partial charge in [0.05, 0.1) is 23.5 Å². The Hall–Kier alpha value is -3.10. The fraction of sp³-hybridized carbons (Fsp3) is 0.348. The molecule has 0 saturated carbocycles. The van der Waals surface area contributed by atoms with Gasteiger partial charge >= 0.3 is 0 Å². The lowest BCUT2D eigenvalue weighted by Crippen LogP contribution is -2.41. The predicted octanol–water partition coefficient (Wildman–Crippen LogP) is 2.90. The van der Waals surface area contributed by atoms with Gasteiger partial charge in [-0.3, -0.25) is 14.6 Å². The van der Waals surface area contributed by atoms with Gasteiger partial charge in [-0.1, -0.05) is 17.7 Å². The first-order valence-corrected chi connectivity index (χ1v) is 11.1. The molecule has 1 aromatic heterocycles. The third kappa shape index (κ3) is 4.71. The molecule has 0 aliphatic carbocycles. The maximum Gasteiger partial charge on any atom is 0.260 e. The number of carbonyl (C=O) groups is 1. The molecule has 168 valence electrons. The van der Waals surface area contributed by atoms with E-state index in [1.165, 1.54) is 5.56 Å². The van der Waals surface area contributed by atoms with Crippen LogP contribution < -0.4 is 21.9 Å². The van der Waals surface area contributed by atoms with Crippen LogP contribution in [0.5, 0.6) is 0 Å². The first kappa shape index (κ1) is 22.1. The summed E-state index contributed by atoms with van der Waals surface area (Å²) in [4.78, 5) is 34.3. The van der Waals surface area contributed by atoms with Crippen LogP contribution in [0.2, 0.25) is 5.02 Å². The molecule has 1 unspecified atom stereocenters. The zero-order valence-corrected chi connectivity index (χ0v) is 18.7. The second-order valence-electron chi connectivity index (χ2n) is 7.93. The smallest absolute Gasteiger partial charge is 0.260 e. The highest BCUT2D eigenvalue weighted by atomic mass is 35.5. The first-order valence-electron chi connectivity index (χ1n) is 10.8. The number of aromatic nitrogens is 2. The zero-order valence-electron chi connectivity index (χ0n) is 18.0. The van der Waals surface area contributed by atoms with Crippen molar-refractivity contribution in [3.05, 3.63) is 62.9 Å². The van der Waals surface area contributed by atoms with Crippen LogP contribution in [0.15, 0.2) is 41.2 Å². The van der Waals surface area contributed by atoms with Crippen molar-refractivity contribution in [2.24, 2.45) is 5.73 Å². The van der Waals surface area contributed by atoms with E-state index in [9.17, 15) is 9.59 Å². The van der Waals surface area contributed by atoms with E-state index in [-0.39, 0.29) is 24.1 Å². The SMILES string of the molecule is CC1c2ccc(Cl)cc2CCN1C(=O)CNc1ccc2c(=O)[nH]c(NCCCN)nc2c1. The Morgan fingerprint density at radius 2 is 2.12 bits per heavy atom. The quantitative estimate of drug-likeness (QED) is 0.408. The lowest BCUT2D eigenvalue weighted by Gasteiger charge is -2.35. The molecule has 0 radical (unpaired) electrons. The molecule has 4 rings (SSSR count). The van der Waals surface area contributed by atoms with Crippen molar-refractivity contribution in [3.8, 4) is 0 Å². The summed E-state index contributed by atoms with van der Waals surface area (Å²) in [5, 5.41) is 7.46. The van der Waals surface area contributed by atoms with Gasteiger partial charge in [0.1, 0.15) is 0 Å². The minimum atomic E-state index is -0.214. The molecule has 5 N–H and O–H groups in total. The molecule has 1 aliphatic rings. The van der Waals surface area contributed by atoms with Gasteiger partial charge in [-0.05, 0) is 67.8 Å². The van der Waals surface area contributed by atoms with E-state index >= 15 is 0 Å². The third-order valence-corrected chi connectivity index (χ3v) is 6.02. The Kier molecular flexibility index (Phi) is 6.62. The van der Waals surface area contributed by atoms with Crippen molar-refractivity contribution >= 4 is 40.0 Å². The van der Waals surface area contributed by atoms with Crippen molar-refractivity contribution in [2.75, 3.05) is 36.8 Å². The maximum absolute atomic E-state index is 12.9. The van der Waals surface area contributed by atoms with Crippen LogP contribution >= 0.6 is 11.6 Å². The number of hydrogen-bond donors (Lipinski definition) is 4. The fourth-order valence-electron chi connectivity index (χ4n) is 4.06. The summed E-state index contributed by atoms with van der Waals surface area (Å²) in [6, 6.07) is 11.1. The Balaban J connectivity index is 1.45. The van der Waals surface area contributed by atoms with E-state index in [2.05, 4.69) is 20.6 Å². The van der Waals surface area contributed by atoms with Crippen LogP contribution in [0.4, 0.5) is 11.6 Å². The summed E-state index contributed by atoms with van der Waals surface area (Å²) in [7, 11) is 0. The second-order valence-corrected chi connectivity index (χ2v) is 8.36. The second kappa shape index (κ2) is 9.58. The molecular weight excluding hydrogens is 428 g/mol. The number of rotatable bonds is 7. The third-order valence-electron chi connectivity index (χ3n) is 5.79. The number of benzene rings is 2. The molecule has 3 aromatic rings. The van der Waals surface area contributed by atoms with E-state index in [0.29, 0.717) is 36.5 Å². The number of nitrogens with two attached hydrogens (primary N) is 1. The molecule has 9 heteroatoms. The zero-order chi connectivity index (χ0) is 22.7. The van der Waals surface area contributed by atoms with Crippen LogP contribution in [0, 0.1) is 0 Å². The number of carbonyl (C=O) groups excluding carboxylic acids is 1. The summed E-state index contributed by atoms with van der Waals surface area (Å²) >= 11 is 6.11. The highest BCUT2D eigenvalue weighted by Crippen LogP contribution is 2.31. The Bertz CT molecular complexity index is 1190. The molecule has 2 heterocycles. The van der Waals surface area contributed by atoms with Gasteiger partial charge in [0.2, 0.25) is 11.9 Å². The monoisotopic (exact) mass is 454 g/mol. The van der Waals surface area contributed by atoms with Crippen molar-refractivity contribution < 1.29 is 4.79 Å². The Morgan fingerprint density at radius 3 is 2.94 bits per heavy atom. The summed E-state index contributed by atoms with van der Waals surface area (Å²) < 4.78 is 0. The fourth-order valence-corrected chi connectivity index (χ4v) is 4.26. The number of anilines is 2. The molecule has 1 atom stereocenters. The van der Waals surface area contributed by atoms with E-state index in [4.69, 9.17) is 17.3 Å². The van der Waals surface area contributed by atoms with Gasteiger partial charge in [-0.25, -0.2) is 4.98 Å². The average molecular weight is 455 g/mol. The van der Waals surface area contributed by atoms with Gasteiger partial charge in [-0.2, -0.15) is 0 Å². The molecule has 1 aliphatic heterocycles. The Morgan fingerprint density at radius 1 is 1.28 bits per heavy atom. The maximum atomic E-state index is 12.9. The summed E-state index contributed by atoms with van der Waals surface area (Å²) in [5.41, 5.74) is 8.91. The van der Waals surface area contributed by atoms with Crippen LogP contribution in [0.3, 0.4) is 0 Å². The standard InChI is InChI=1S/C23H27ClN6O2/c1-14-18-5-3-16(24)11-15(18)7-10-30(14)21(31)13-27-17-4-6-19-20(12-17)28-23(29-22(19)32)26-9-2-8-25/h3-6,11-12,14,27H,2,7-10,13,25H2,1H3,(H2,26,28,29,32). The van der Waals surface area contributed by atoms with Gasteiger partial charge < -0.3 is 21.3 Å². The van der Waals surface area contributed by atoms with Gasteiger partial charge in [0.15, 0.2) is 0 Å². The highest BCUT2D eigenvalue weighted by Gasteiger charge is 2.27. The van der Waals surface area contributed by atoms with Crippen molar-refractivity contribution in [1.82, 2.24) is 14.9 Å². The number of nitrogens with zero attached hydrogens (tertiary/aromatic N) is 2. The van der Waals surface area contributed by atoms with E-state index in [1.807, 2.05) is 30.0 Å². The van der Waals surface area contributed by atoms with Gasteiger partial charge in [0.25, 0.3) is 5.56 Å². The number of fused-ring (bicyclic) bond motifs is 2. The molecule has 0 spiro atoms. The molecule has 0 saturated heterocycles. The normalized spacial score (nSPS) is 15.5. The topological polar surface area (TPSA) is 116 Å². The van der Waals surface area contributed by atoms with Gasteiger partial charge in [-0.15, -0.1) is 0 Å². The first-order chi connectivity index (χ1) is 15.5. The molecule has 32 heavy (non-hydrogen) atoms. The molecule has 1 amide bonds. The number of nitrogens with one attached hydrogen (secondary N) is 3.